The molecule has 0 saturated carbocycles. The van der Waals surface area contributed by atoms with Crippen LogP contribution in [0.5, 0.6) is 0 Å². The molecule has 0 aromatic heterocycles. The first kappa shape index (κ1) is 16.6. The Bertz CT molecular complexity index is 673. The van der Waals surface area contributed by atoms with Crippen molar-refractivity contribution in [2.24, 2.45) is 0 Å². The third kappa shape index (κ3) is 4.12. The van der Waals surface area contributed by atoms with E-state index in [4.69, 9.17) is 10.5 Å². The average molecular weight is 315 g/mol. The van der Waals surface area contributed by atoms with Crippen LogP contribution < -0.4 is 10.6 Å². The van der Waals surface area contributed by atoms with Gasteiger partial charge in [-0.3, -0.25) is 9.69 Å². The van der Waals surface area contributed by atoms with Crippen LogP contribution in [0.1, 0.15) is 38.1 Å². The summed E-state index contributed by atoms with van der Waals surface area (Å²) in [6, 6.07) is 5.12. The first-order chi connectivity index (χ1) is 10.7. The van der Waals surface area contributed by atoms with Gasteiger partial charge >= 0.3 is 6.09 Å². The molecule has 0 fully saturated rings. The highest BCUT2D eigenvalue weighted by Crippen LogP contribution is 2.27. The van der Waals surface area contributed by atoms with Gasteiger partial charge in [-0.15, -0.1) is 0 Å². The molecule has 0 spiro atoms. The molecule has 0 unspecified atom stereocenters. The number of nitrogens with zero attached hydrogens (tertiary/aromatic N) is 2. The Morgan fingerprint density at radius 1 is 1.09 bits per heavy atom. The number of hydrogen-bond acceptors (Lipinski definition) is 5. The minimum atomic E-state index is -0.553. The van der Waals surface area contributed by atoms with Gasteiger partial charge in [-0.05, 0) is 45.9 Å². The Kier molecular flexibility index (Phi) is 4.45. The highest BCUT2D eigenvalue weighted by atomic mass is 16.6. The maximum absolute atomic E-state index is 12.0. The van der Waals surface area contributed by atoms with E-state index in [1.807, 2.05) is 20.8 Å². The average Bonchev–Trinajstić information content (AvgIpc) is 2.45. The lowest BCUT2D eigenvalue weighted by Crippen LogP contribution is -2.32. The monoisotopic (exact) mass is 315 g/mol. The van der Waals surface area contributed by atoms with Crippen molar-refractivity contribution in [2.75, 3.05) is 10.6 Å². The number of nitrogens with two attached hydrogens (primary N) is 1. The van der Waals surface area contributed by atoms with Gasteiger partial charge in [0, 0.05) is 30.4 Å². The fourth-order valence-electron chi connectivity index (χ4n) is 1.99. The first-order valence-electron chi connectivity index (χ1n) is 7.24. The zero-order valence-corrected chi connectivity index (χ0v) is 13.7. The molecule has 6 nitrogen and oxygen atoms in total. The molecular weight excluding hydrogens is 294 g/mol. The van der Waals surface area contributed by atoms with Crippen LogP contribution in [0.2, 0.25) is 0 Å². The van der Waals surface area contributed by atoms with Gasteiger partial charge in [0.25, 0.3) is 0 Å². The highest BCUT2D eigenvalue weighted by molar-refractivity contribution is 5.96. The van der Waals surface area contributed by atoms with E-state index in [9.17, 15) is 9.59 Å². The lowest BCUT2D eigenvalue weighted by molar-refractivity contribution is 0.0397. The van der Waals surface area contributed by atoms with Crippen molar-refractivity contribution in [3.8, 4) is 0 Å². The van der Waals surface area contributed by atoms with Crippen molar-refractivity contribution < 1.29 is 14.3 Å². The maximum atomic E-state index is 12.0. The third-order valence-electron chi connectivity index (χ3n) is 3.09. The van der Waals surface area contributed by atoms with Gasteiger partial charge in [-0.2, -0.15) is 0 Å². The number of hydrogen-bond donors (Lipinski definition) is 1. The van der Waals surface area contributed by atoms with Gasteiger partial charge in [-0.1, -0.05) is 0 Å². The van der Waals surface area contributed by atoms with E-state index in [1.54, 1.807) is 47.9 Å². The molecule has 6 heteroatoms. The standard InChI is InChI=1S/C17H21N3O3/c1-12(21)13-5-6-15(14(18)11-13)19-7-9-20(10-8-19)16(22)23-17(2,3)4/h5-11H,18H2,1-4H3. The summed E-state index contributed by atoms with van der Waals surface area (Å²) in [6.45, 7) is 6.93. The quantitative estimate of drug-likeness (QED) is 0.668. The zero-order valence-electron chi connectivity index (χ0n) is 13.7. The molecule has 23 heavy (non-hydrogen) atoms. The number of Topliss-reactive ketones (excluding diaryl/α,β-unsaturated/α-hetero) is 1. The summed E-state index contributed by atoms with van der Waals surface area (Å²) in [4.78, 5) is 26.4. The van der Waals surface area contributed by atoms with Crippen molar-refractivity contribution in [2.45, 2.75) is 33.3 Å². The second-order valence-corrected chi connectivity index (χ2v) is 6.22. The fourth-order valence-corrected chi connectivity index (χ4v) is 1.99. The van der Waals surface area contributed by atoms with Gasteiger partial charge in [0.1, 0.15) is 5.60 Å². The van der Waals surface area contributed by atoms with Gasteiger partial charge in [0.15, 0.2) is 5.78 Å². The van der Waals surface area contributed by atoms with Crippen molar-refractivity contribution >= 4 is 23.3 Å². The number of anilines is 2. The summed E-state index contributed by atoms with van der Waals surface area (Å²) in [5.41, 5.74) is 7.22. The van der Waals surface area contributed by atoms with Crippen LogP contribution in [0.3, 0.4) is 0 Å². The molecule has 0 bridgehead atoms. The molecule has 1 aromatic carbocycles. The van der Waals surface area contributed by atoms with Crippen LogP contribution in [0, 0.1) is 0 Å². The molecule has 122 valence electrons. The van der Waals surface area contributed by atoms with Crippen LogP contribution in [0.15, 0.2) is 43.0 Å². The lowest BCUT2D eigenvalue weighted by Gasteiger charge is -2.27. The van der Waals surface area contributed by atoms with Crippen molar-refractivity contribution in [3.63, 3.8) is 0 Å². The van der Waals surface area contributed by atoms with E-state index in [2.05, 4.69) is 0 Å². The highest BCUT2D eigenvalue weighted by Gasteiger charge is 2.21. The Morgan fingerprint density at radius 2 is 1.70 bits per heavy atom. The van der Waals surface area contributed by atoms with Gasteiger partial charge in [0.05, 0.1) is 11.4 Å². The van der Waals surface area contributed by atoms with Crippen LogP contribution in [0.25, 0.3) is 0 Å². The van der Waals surface area contributed by atoms with E-state index < -0.39 is 11.7 Å². The SMILES string of the molecule is CC(=O)c1ccc(N2C=CN(C(=O)OC(C)(C)C)C=C2)c(N)c1. The van der Waals surface area contributed by atoms with E-state index in [-0.39, 0.29) is 5.78 Å². The molecule has 1 amide bonds. The van der Waals surface area contributed by atoms with Gasteiger partial charge in [-0.25, -0.2) is 4.79 Å². The molecular formula is C17H21N3O3. The minimum Gasteiger partial charge on any atom is -0.443 e. The molecule has 0 aliphatic carbocycles. The summed E-state index contributed by atoms with van der Waals surface area (Å²) >= 11 is 0. The van der Waals surface area contributed by atoms with Crippen LogP contribution in [0.4, 0.5) is 16.2 Å². The lowest BCUT2D eigenvalue weighted by atomic mass is 10.1. The van der Waals surface area contributed by atoms with E-state index in [0.29, 0.717) is 11.3 Å². The first-order valence-corrected chi connectivity index (χ1v) is 7.24. The third-order valence-corrected chi connectivity index (χ3v) is 3.09. The van der Waals surface area contributed by atoms with Crippen LogP contribution in [-0.4, -0.2) is 22.4 Å². The predicted molar refractivity (Wildman–Crippen MR) is 89.7 cm³/mol. The second kappa shape index (κ2) is 6.16. The predicted octanol–water partition coefficient (Wildman–Crippen LogP) is 3.47. The normalized spacial score (nSPS) is 14.1. The number of carbonyl (C=O) groups excluding carboxylic acids is 2. The summed E-state index contributed by atoms with van der Waals surface area (Å²) in [5.74, 6) is -0.0379. The second-order valence-electron chi connectivity index (χ2n) is 6.22. The number of nitrogen functional groups attached to an aromatic ring is 1. The number of amides is 1. The number of carbonyl (C=O) groups is 2. The summed E-state index contributed by atoms with van der Waals surface area (Å²) in [5, 5.41) is 0. The molecule has 0 atom stereocenters. The fraction of sp³-hybridized carbons (Fsp3) is 0.294. The number of benzene rings is 1. The largest absolute Gasteiger partial charge is 0.443 e. The van der Waals surface area contributed by atoms with E-state index >= 15 is 0 Å². The molecule has 1 heterocycles. The van der Waals surface area contributed by atoms with Crippen molar-refractivity contribution in [1.82, 2.24) is 4.90 Å². The van der Waals surface area contributed by atoms with E-state index in [0.717, 1.165) is 5.69 Å². The number of ketones is 1. The maximum Gasteiger partial charge on any atom is 0.418 e. The van der Waals surface area contributed by atoms with Crippen molar-refractivity contribution in [1.29, 1.82) is 0 Å². The summed E-state index contributed by atoms with van der Waals surface area (Å²) in [6.07, 6.45) is 6.12. The smallest absolute Gasteiger partial charge is 0.418 e. The Balaban J connectivity index is 2.12. The molecule has 0 radical (unpaired) electrons. The Labute approximate surface area is 135 Å². The molecule has 1 aromatic rings. The number of rotatable bonds is 2. The molecule has 1 aliphatic rings. The zero-order chi connectivity index (χ0) is 17.2. The summed E-state index contributed by atoms with van der Waals surface area (Å²) < 4.78 is 5.29. The molecule has 2 N–H and O–H groups in total. The summed E-state index contributed by atoms with van der Waals surface area (Å²) in [7, 11) is 0. The molecule has 2 rings (SSSR count). The van der Waals surface area contributed by atoms with Crippen LogP contribution >= 0.6 is 0 Å². The molecule has 1 aliphatic heterocycles. The topological polar surface area (TPSA) is 75.9 Å². The van der Waals surface area contributed by atoms with Gasteiger partial charge in [0.2, 0.25) is 0 Å². The van der Waals surface area contributed by atoms with Crippen LogP contribution in [-0.2, 0) is 4.74 Å². The Morgan fingerprint density at radius 3 is 2.17 bits per heavy atom. The van der Waals surface area contributed by atoms with Gasteiger partial charge < -0.3 is 15.4 Å². The minimum absolute atomic E-state index is 0.0379. The number of ether oxygens (including phenoxy) is 1. The molecule has 0 saturated heterocycles. The van der Waals surface area contributed by atoms with E-state index in [1.165, 1.54) is 11.8 Å². The Hall–Kier alpha value is -2.76. The van der Waals surface area contributed by atoms with Crippen molar-refractivity contribution in [3.05, 3.63) is 48.6 Å².